The molecule has 4 heteroatoms. The summed E-state index contributed by atoms with van der Waals surface area (Å²) in [6, 6.07) is 7.17. The molecule has 1 amide bonds. The zero-order chi connectivity index (χ0) is 11.8. The van der Waals surface area contributed by atoms with Crippen LogP contribution in [0.15, 0.2) is 24.3 Å². The van der Waals surface area contributed by atoms with Crippen LogP contribution in [0.2, 0.25) is 5.02 Å². The van der Waals surface area contributed by atoms with Gasteiger partial charge in [0.05, 0.1) is 6.61 Å². The van der Waals surface area contributed by atoms with Crippen molar-refractivity contribution in [2.75, 3.05) is 18.1 Å². The number of hydrogen-bond acceptors (Lipinski definition) is 2. The maximum atomic E-state index is 11.8. The molecule has 0 radical (unpaired) electrons. The number of hydrogen-bond donors (Lipinski definition) is 1. The summed E-state index contributed by atoms with van der Waals surface area (Å²) >= 11 is 5.79. The molecule has 1 saturated heterocycles. The summed E-state index contributed by atoms with van der Waals surface area (Å²) in [5, 5.41) is 9.90. The Balaban J connectivity index is 2.23. The molecule has 1 aliphatic rings. The largest absolute Gasteiger partial charge is 0.396 e. The number of carbonyl (C=O) groups excluding carboxylic acids is 1. The Kier molecular flexibility index (Phi) is 2.91. The van der Waals surface area contributed by atoms with Crippen molar-refractivity contribution in [3.63, 3.8) is 0 Å². The van der Waals surface area contributed by atoms with Gasteiger partial charge in [0.1, 0.15) is 0 Å². The highest BCUT2D eigenvalue weighted by atomic mass is 35.5. The van der Waals surface area contributed by atoms with Crippen molar-refractivity contribution in [3.8, 4) is 0 Å². The molecule has 3 nitrogen and oxygen atoms in total. The average molecular weight is 240 g/mol. The van der Waals surface area contributed by atoms with Gasteiger partial charge in [-0.2, -0.15) is 0 Å². The van der Waals surface area contributed by atoms with Crippen LogP contribution in [0, 0.1) is 5.41 Å². The second-order valence-electron chi connectivity index (χ2n) is 4.60. The number of anilines is 1. The molecule has 0 aliphatic carbocycles. The normalized spacial score (nSPS) is 25.2. The van der Waals surface area contributed by atoms with E-state index in [1.165, 1.54) is 0 Å². The molecule has 1 heterocycles. The third kappa shape index (κ3) is 2.06. The molecule has 16 heavy (non-hydrogen) atoms. The fourth-order valence-electron chi connectivity index (χ4n) is 1.95. The highest BCUT2D eigenvalue weighted by Crippen LogP contribution is 2.33. The minimum Gasteiger partial charge on any atom is -0.396 e. The Labute approximate surface area is 99.6 Å². The van der Waals surface area contributed by atoms with Gasteiger partial charge in [0.15, 0.2) is 0 Å². The molecule has 0 saturated carbocycles. The third-order valence-corrected chi connectivity index (χ3v) is 3.19. The number of benzene rings is 1. The quantitative estimate of drug-likeness (QED) is 0.859. The predicted octanol–water partition coefficient (Wildman–Crippen LogP) is 2.08. The Hall–Kier alpha value is -1.06. The van der Waals surface area contributed by atoms with Crippen molar-refractivity contribution in [1.29, 1.82) is 0 Å². The Bertz CT molecular complexity index is 404. The van der Waals surface area contributed by atoms with Crippen molar-refractivity contribution in [2.24, 2.45) is 5.41 Å². The number of amides is 1. The van der Waals surface area contributed by atoms with Gasteiger partial charge in [-0.25, -0.2) is 0 Å². The summed E-state index contributed by atoms with van der Waals surface area (Å²) < 4.78 is 0. The molecule has 2 rings (SSSR count). The maximum Gasteiger partial charge on any atom is 0.227 e. The van der Waals surface area contributed by atoms with Crippen LogP contribution in [0.3, 0.4) is 0 Å². The van der Waals surface area contributed by atoms with Crippen LogP contribution in [0.1, 0.15) is 13.3 Å². The monoisotopic (exact) mass is 239 g/mol. The fourth-order valence-corrected chi connectivity index (χ4v) is 2.07. The van der Waals surface area contributed by atoms with Gasteiger partial charge < -0.3 is 10.0 Å². The van der Waals surface area contributed by atoms with Crippen LogP contribution >= 0.6 is 11.6 Å². The smallest absolute Gasteiger partial charge is 0.227 e. The molecule has 1 fully saturated rings. The summed E-state index contributed by atoms with van der Waals surface area (Å²) in [6.45, 7) is 2.51. The van der Waals surface area contributed by atoms with E-state index in [0.29, 0.717) is 18.0 Å². The number of nitrogens with zero attached hydrogens (tertiary/aromatic N) is 1. The highest BCUT2D eigenvalue weighted by Gasteiger charge is 2.39. The van der Waals surface area contributed by atoms with Gasteiger partial charge in [-0.1, -0.05) is 18.5 Å². The first-order valence-corrected chi connectivity index (χ1v) is 5.59. The van der Waals surface area contributed by atoms with Gasteiger partial charge in [0.25, 0.3) is 0 Å². The molecule has 86 valence electrons. The van der Waals surface area contributed by atoms with E-state index in [4.69, 9.17) is 11.6 Å². The Morgan fingerprint density at radius 3 is 2.56 bits per heavy atom. The first-order chi connectivity index (χ1) is 7.54. The van der Waals surface area contributed by atoms with Crippen molar-refractivity contribution in [2.45, 2.75) is 13.3 Å². The SMILES string of the molecule is CC1(CO)CC(=O)N(c2ccc(Cl)cc2)C1. The Morgan fingerprint density at radius 1 is 1.44 bits per heavy atom. The standard InChI is InChI=1S/C12H14ClNO2/c1-12(8-15)6-11(16)14(7-12)10-4-2-9(13)3-5-10/h2-5,15H,6-8H2,1H3. The lowest BCUT2D eigenvalue weighted by Gasteiger charge is -2.21. The molecule has 1 N–H and O–H groups in total. The van der Waals surface area contributed by atoms with Gasteiger partial charge in [-0.3, -0.25) is 4.79 Å². The maximum absolute atomic E-state index is 11.8. The molecule has 0 spiro atoms. The van der Waals surface area contributed by atoms with Crippen LogP contribution in [0.25, 0.3) is 0 Å². The first kappa shape index (κ1) is 11.4. The third-order valence-electron chi connectivity index (χ3n) is 2.94. The summed E-state index contributed by atoms with van der Waals surface area (Å²) in [4.78, 5) is 13.5. The first-order valence-electron chi connectivity index (χ1n) is 5.21. The summed E-state index contributed by atoms with van der Waals surface area (Å²) in [5.74, 6) is 0.0545. The van der Waals surface area contributed by atoms with Crippen LogP contribution in [0.4, 0.5) is 5.69 Å². The molecule has 0 aromatic heterocycles. The van der Waals surface area contributed by atoms with E-state index in [2.05, 4.69) is 0 Å². The summed E-state index contributed by atoms with van der Waals surface area (Å²) in [6.07, 6.45) is 0.395. The van der Waals surface area contributed by atoms with Crippen molar-refractivity contribution < 1.29 is 9.90 Å². The lowest BCUT2D eigenvalue weighted by Crippen LogP contribution is -2.28. The molecule has 1 aliphatic heterocycles. The van der Waals surface area contributed by atoms with E-state index >= 15 is 0 Å². The average Bonchev–Trinajstić information content (AvgIpc) is 2.57. The summed E-state index contributed by atoms with van der Waals surface area (Å²) in [7, 11) is 0. The van der Waals surface area contributed by atoms with Crippen molar-refractivity contribution >= 4 is 23.2 Å². The molecule has 1 atom stereocenters. The van der Waals surface area contributed by atoms with E-state index in [1.54, 1.807) is 17.0 Å². The van der Waals surface area contributed by atoms with E-state index in [-0.39, 0.29) is 17.9 Å². The van der Waals surface area contributed by atoms with Gasteiger partial charge in [0.2, 0.25) is 5.91 Å². The molecular formula is C12H14ClNO2. The van der Waals surface area contributed by atoms with Crippen LogP contribution in [-0.2, 0) is 4.79 Å². The van der Waals surface area contributed by atoms with E-state index < -0.39 is 0 Å². The number of halogens is 1. The molecule has 1 unspecified atom stereocenters. The molecule has 1 aromatic carbocycles. The topological polar surface area (TPSA) is 40.5 Å². The molecule has 0 bridgehead atoms. The van der Waals surface area contributed by atoms with Gasteiger partial charge in [-0.05, 0) is 24.3 Å². The Morgan fingerprint density at radius 2 is 2.06 bits per heavy atom. The summed E-state index contributed by atoms with van der Waals surface area (Å²) in [5.41, 5.74) is 0.517. The number of rotatable bonds is 2. The van der Waals surface area contributed by atoms with E-state index in [9.17, 15) is 9.90 Å². The van der Waals surface area contributed by atoms with Gasteiger partial charge in [0, 0.05) is 29.1 Å². The van der Waals surface area contributed by atoms with E-state index in [0.717, 1.165) is 5.69 Å². The second kappa shape index (κ2) is 4.07. The zero-order valence-electron chi connectivity index (χ0n) is 9.11. The van der Waals surface area contributed by atoms with E-state index in [1.807, 2.05) is 19.1 Å². The number of carbonyl (C=O) groups is 1. The lowest BCUT2D eigenvalue weighted by molar-refractivity contribution is -0.117. The number of aliphatic hydroxyl groups is 1. The van der Waals surface area contributed by atoms with Crippen LogP contribution in [0.5, 0.6) is 0 Å². The lowest BCUT2D eigenvalue weighted by atomic mass is 9.91. The molecule has 1 aromatic rings. The predicted molar refractivity (Wildman–Crippen MR) is 63.6 cm³/mol. The van der Waals surface area contributed by atoms with Gasteiger partial charge in [-0.15, -0.1) is 0 Å². The van der Waals surface area contributed by atoms with Gasteiger partial charge >= 0.3 is 0 Å². The minimum atomic E-state index is -0.323. The van der Waals surface area contributed by atoms with Crippen LogP contribution < -0.4 is 4.90 Å². The van der Waals surface area contributed by atoms with Crippen molar-refractivity contribution in [1.82, 2.24) is 0 Å². The second-order valence-corrected chi connectivity index (χ2v) is 5.04. The number of aliphatic hydroxyl groups excluding tert-OH is 1. The minimum absolute atomic E-state index is 0.0306. The highest BCUT2D eigenvalue weighted by molar-refractivity contribution is 6.30. The van der Waals surface area contributed by atoms with Crippen molar-refractivity contribution in [3.05, 3.63) is 29.3 Å². The fraction of sp³-hybridized carbons (Fsp3) is 0.417. The molecular weight excluding hydrogens is 226 g/mol. The van der Waals surface area contributed by atoms with Crippen LogP contribution in [-0.4, -0.2) is 24.2 Å². The zero-order valence-corrected chi connectivity index (χ0v) is 9.87.